The summed E-state index contributed by atoms with van der Waals surface area (Å²) in [5.41, 5.74) is 1.66. The van der Waals surface area contributed by atoms with Gasteiger partial charge in [-0.3, -0.25) is 14.9 Å². The minimum atomic E-state index is -0.750. The molecule has 0 saturated carbocycles. The Hall–Kier alpha value is -3.62. The zero-order chi connectivity index (χ0) is 26.1. The van der Waals surface area contributed by atoms with Crippen LogP contribution in [-0.2, 0) is 4.79 Å². The van der Waals surface area contributed by atoms with Gasteiger partial charge in [-0.15, -0.1) is 0 Å². The largest absolute Gasteiger partial charge is 0.491 e. The van der Waals surface area contributed by atoms with E-state index >= 15 is 0 Å². The quantitative estimate of drug-likeness (QED) is 0.295. The van der Waals surface area contributed by atoms with E-state index in [0.717, 1.165) is 6.42 Å². The van der Waals surface area contributed by atoms with Crippen LogP contribution in [-0.4, -0.2) is 29.1 Å². The van der Waals surface area contributed by atoms with E-state index in [1.54, 1.807) is 73.7 Å². The van der Waals surface area contributed by atoms with E-state index in [2.05, 4.69) is 16.0 Å². The highest BCUT2D eigenvalue weighted by atomic mass is 35.5. The summed E-state index contributed by atoms with van der Waals surface area (Å²) in [4.78, 5) is 25.1. The highest BCUT2D eigenvalue weighted by Gasteiger charge is 2.16. The van der Waals surface area contributed by atoms with Crippen LogP contribution < -0.4 is 25.4 Å². The van der Waals surface area contributed by atoms with Gasteiger partial charge in [0.05, 0.1) is 11.1 Å². The summed E-state index contributed by atoms with van der Waals surface area (Å²) in [7, 11) is 0. The SMILES string of the molecule is CCC(C)Oc1cccc(C(=O)NC(=S)Nc2ccc(NC(=O)C(C)Oc3ccccc3Cl)cc2)c1. The minimum Gasteiger partial charge on any atom is -0.491 e. The lowest BCUT2D eigenvalue weighted by atomic mass is 10.2. The molecule has 0 aliphatic rings. The van der Waals surface area contributed by atoms with Crippen molar-refractivity contribution in [1.29, 1.82) is 0 Å². The van der Waals surface area contributed by atoms with Crippen molar-refractivity contribution in [1.82, 2.24) is 5.32 Å². The van der Waals surface area contributed by atoms with Crippen LogP contribution in [0.15, 0.2) is 72.8 Å². The van der Waals surface area contributed by atoms with Gasteiger partial charge in [0.15, 0.2) is 11.2 Å². The van der Waals surface area contributed by atoms with Crippen LogP contribution in [0.2, 0.25) is 5.02 Å². The topological polar surface area (TPSA) is 88.7 Å². The molecule has 2 atom stereocenters. The molecule has 2 amide bonds. The summed E-state index contributed by atoms with van der Waals surface area (Å²) in [5, 5.41) is 8.98. The van der Waals surface area contributed by atoms with E-state index in [4.69, 9.17) is 33.3 Å². The number of hydrogen-bond acceptors (Lipinski definition) is 5. The first kappa shape index (κ1) is 27.0. The van der Waals surface area contributed by atoms with Crippen LogP contribution in [0.25, 0.3) is 0 Å². The average molecular weight is 526 g/mol. The van der Waals surface area contributed by atoms with Crippen molar-refractivity contribution in [3.8, 4) is 11.5 Å². The van der Waals surface area contributed by atoms with Crippen LogP contribution >= 0.6 is 23.8 Å². The lowest BCUT2D eigenvalue weighted by molar-refractivity contribution is -0.122. The zero-order valence-electron chi connectivity index (χ0n) is 20.2. The van der Waals surface area contributed by atoms with Crippen LogP contribution in [0.3, 0.4) is 0 Å². The first-order chi connectivity index (χ1) is 17.2. The van der Waals surface area contributed by atoms with E-state index in [9.17, 15) is 9.59 Å². The molecule has 3 N–H and O–H groups in total. The molecule has 2 unspecified atom stereocenters. The molecule has 0 fully saturated rings. The van der Waals surface area contributed by atoms with Crippen molar-refractivity contribution in [2.45, 2.75) is 39.4 Å². The third-order valence-electron chi connectivity index (χ3n) is 5.16. The van der Waals surface area contributed by atoms with Crippen molar-refractivity contribution in [2.75, 3.05) is 10.6 Å². The Morgan fingerprint density at radius 2 is 1.58 bits per heavy atom. The highest BCUT2D eigenvalue weighted by molar-refractivity contribution is 7.80. The third kappa shape index (κ3) is 7.96. The second kappa shape index (κ2) is 12.9. The number of carbonyl (C=O) groups is 2. The lowest BCUT2D eigenvalue weighted by Gasteiger charge is -2.16. The van der Waals surface area contributed by atoms with Crippen LogP contribution in [0.5, 0.6) is 11.5 Å². The van der Waals surface area contributed by atoms with Gasteiger partial charge in [-0.2, -0.15) is 0 Å². The number of benzene rings is 3. The van der Waals surface area contributed by atoms with Gasteiger partial charge in [-0.25, -0.2) is 0 Å². The Labute approximate surface area is 221 Å². The Morgan fingerprint density at radius 1 is 0.917 bits per heavy atom. The first-order valence-electron chi connectivity index (χ1n) is 11.5. The summed E-state index contributed by atoms with van der Waals surface area (Å²) >= 11 is 11.4. The number of carbonyl (C=O) groups excluding carboxylic acids is 2. The average Bonchev–Trinajstić information content (AvgIpc) is 2.86. The number of hydrogen-bond donors (Lipinski definition) is 3. The molecule has 3 rings (SSSR count). The maximum atomic E-state index is 12.6. The molecule has 188 valence electrons. The van der Waals surface area contributed by atoms with Crippen molar-refractivity contribution >= 4 is 52.1 Å². The summed E-state index contributed by atoms with van der Waals surface area (Å²) in [6.45, 7) is 5.64. The molecule has 3 aromatic carbocycles. The maximum Gasteiger partial charge on any atom is 0.265 e. The summed E-state index contributed by atoms with van der Waals surface area (Å²) in [5.74, 6) is 0.392. The van der Waals surface area contributed by atoms with Gasteiger partial charge in [-0.1, -0.05) is 36.7 Å². The molecule has 3 aromatic rings. The van der Waals surface area contributed by atoms with Crippen molar-refractivity contribution in [3.05, 3.63) is 83.4 Å². The van der Waals surface area contributed by atoms with Gasteiger partial charge in [0.1, 0.15) is 11.5 Å². The van der Waals surface area contributed by atoms with Crippen LogP contribution in [0, 0.1) is 0 Å². The van der Waals surface area contributed by atoms with Gasteiger partial charge in [-0.05, 0) is 87.1 Å². The number of halogens is 1. The Bertz CT molecular complexity index is 1220. The predicted octanol–water partition coefficient (Wildman–Crippen LogP) is 6.05. The fourth-order valence-corrected chi connectivity index (χ4v) is 3.42. The molecule has 7 nitrogen and oxygen atoms in total. The minimum absolute atomic E-state index is 0.0527. The van der Waals surface area contributed by atoms with E-state index in [-0.39, 0.29) is 23.0 Å². The number of nitrogens with one attached hydrogen (secondary N) is 3. The highest BCUT2D eigenvalue weighted by Crippen LogP contribution is 2.24. The maximum absolute atomic E-state index is 12.6. The Kier molecular flexibility index (Phi) is 9.67. The van der Waals surface area contributed by atoms with E-state index < -0.39 is 6.10 Å². The Morgan fingerprint density at radius 3 is 2.25 bits per heavy atom. The standard InChI is InChI=1S/C27H28ClN3O4S/c1-4-17(2)34-22-9-7-8-19(16-22)26(33)31-27(36)30-21-14-12-20(13-15-21)29-25(32)18(3)35-24-11-6-5-10-23(24)28/h5-18H,4H2,1-3H3,(H,29,32)(H2,30,31,33,36). The van der Waals surface area contributed by atoms with Crippen molar-refractivity contribution < 1.29 is 19.1 Å². The number of rotatable bonds is 9. The number of para-hydroxylation sites is 1. The van der Waals surface area contributed by atoms with E-state index in [1.165, 1.54) is 0 Å². The van der Waals surface area contributed by atoms with Crippen molar-refractivity contribution in [2.24, 2.45) is 0 Å². The Balaban J connectivity index is 1.51. The summed E-state index contributed by atoms with van der Waals surface area (Å²) in [6.07, 6.45) is 0.166. The molecule has 0 bridgehead atoms. The van der Waals surface area contributed by atoms with E-state index in [0.29, 0.717) is 33.5 Å². The van der Waals surface area contributed by atoms with Gasteiger partial charge in [0.25, 0.3) is 11.8 Å². The van der Waals surface area contributed by atoms with Gasteiger partial charge in [0.2, 0.25) is 0 Å². The summed E-state index contributed by atoms with van der Waals surface area (Å²) in [6, 6.07) is 20.8. The first-order valence-corrected chi connectivity index (χ1v) is 12.2. The molecule has 9 heteroatoms. The fraction of sp³-hybridized carbons (Fsp3) is 0.222. The zero-order valence-corrected chi connectivity index (χ0v) is 21.8. The van der Waals surface area contributed by atoms with Gasteiger partial charge >= 0.3 is 0 Å². The third-order valence-corrected chi connectivity index (χ3v) is 5.67. The molecule has 0 heterocycles. The number of amides is 2. The molecule has 0 aliphatic carbocycles. The molecular weight excluding hydrogens is 498 g/mol. The lowest BCUT2D eigenvalue weighted by Crippen LogP contribution is -2.34. The van der Waals surface area contributed by atoms with E-state index in [1.807, 2.05) is 19.9 Å². The number of ether oxygens (including phenoxy) is 2. The molecule has 0 saturated heterocycles. The molecule has 0 aliphatic heterocycles. The second-order valence-corrected chi connectivity index (χ2v) is 8.85. The van der Waals surface area contributed by atoms with Crippen LogP contribution in [0.4, 0.5) is 11.4 Å². The smallest absolute Gasteiger partial charge is 0.265 e. The normalized spacial score (nSPS) is 12.1. The molecule has 0 aromatic heterocycles. The van der Waals surface area contributed by atoms with Crippen LogP contribution in [0.1, 0.15) is 37.6 Å². The molecular formula is C27H28ClN3O4S. The second-order valence-electron chi connectivity index (χ2n) is 8.03. The molecule has 36 heavy (non-hydrogen) atoms. The predicted molar refractivity (Wildman–Crippen MR) is 147 cm³/mol. The van der Waals surface area contributed by atoms with Gasteiger partial charge < -0.3 is 20.1 Å². The van der Waals surface area contributed by atoms with Crippen molar-refractivity contribution in [3.63, 3.8) is 0 Å². The molecule has 0 spiro atoms. The number of anilines is 2. The summed E-state index contributed by atoms with van der Waals surface area (Å²) < 4.78 is 11.4. The number of thiocarbonyl (C=S) groups is 1. The fourth-order valence-electron chi connectivity index (χ4n) is 3.03. The van der Waals surface area contributed by atoms with Gasteiger partial charge in [0, 0.05) is 16.9 Å². The monoisotopic (exact) mass is 525 g/mol. The molecule has 0 radical (unpaired) electrons.